The van der Waals surface area contributed by atoms with Crippen molar-refractivity contribution < 1.29 is 28.9 Å². The first-order chi connectivity index (χ1) is 15.4. The van der Waals surface area contributed by atoms with E-state index in [0.29, 0.717) is 16.9 Å². The molecule has 1 aliphatic heterocycles. The van der Waals surface area contributed by atoms with Gasteiger partial charge < -0.3 is 25.2 Å². The van der Waals surface area contributed by atoms with Crippen LogP contribution in [0.5, 0.6) is 5.75 Å². The van der Waals surface area contributed by atoms with Gasteiger partial charge in [-0.3, -0.25) is 9.59 Å². The van der Waals surface area contributed by atoms with Gasteiger partial charge in [0, 0.05) is 31.1 Å². The van der Waals surface area contributed by atoms with Crippen LogP contribution >= 0.6 is 0 Å². The van der Waals surface area contributed by atoms with Crippen LogP contribution in [-0.2, 0) is 16.1 Å². The molecule has 0 bridgehead atoms. The fourth-order valence-electron chi connectivity index (χ4n) is 4.40. The summed E-state index contributed by atoms with van der Waals surface area (Å²) in [6.45, 7) is 1.38. The van der Waals surface area contributed by atoms with Crippen LogP contribution in [0.25, 0.3) is 0 Å². The minimum atomic E-state index is -1.09. The number of ether oxygens (including phenoxy) is 1. The minimum Gasteiger partial charge on any atom is -0.486 e. The molecule has 7 nitrogen and oxygen atoms in total. The topological polar surface area (TPSA) is 99.1 Å². The molecule has 0 fully saturated rings. The van der Waals surface area contributed by atoms with Gasteiger partial charge in [-0.15, -0.1) is 0 Å². The van der Waals surface area contributed by atoms with Crippen LogP contribution in [0.15, 0.2) is 60.2 Å². The van der Waals surface area contributed by atoms with E-state index < -0.39 is 30.1 Å². The lowest BCUT2D eigenvalue weighted by molar-refractivity contribution is -0.135. The van der Waals surface area contributed by atoms with Crippen molar-refractivity contribution in [3.63, 3.8) is 0 Å². The molecule has 0 saturated carbocycles. The monoisotopic (exact) mass is 440 g/mol. The van der Waals surface area contributed by atoms with Crippen LogP contribution < -0.4 is 10.1 Å². The quantitative estimate of drug-likeness (QED) is 0.632. The lowest BCUT2D eigenvalue weighted by atomic mass is 9.77. The lowest BCUT2D eigenvalue weighted by Crippen LogP contribution is -2.55. The van der Waals surface area contributed by atoms with Crippen LogP contribution in [0.2, 0.25) is 0 Å². The number of fused-ring (bicyclic) bond motifs is 3. The summed E-state index contributed by atoms with van der Waals surface area (Å²) < 4.78 is 19.3. The fraction of sp³-hybridized carbons (Fsp3) is 0.333. The molecule has 0 spiro atoms. The Morgan fingerprint density at radius 2 is 1.88 bits per heavy atom. The van der Waals surface area contributed by atoms with Crippen molar-refractivity contribution in [2.45, 2.75) is 37.6 Å². The Morgan fingerprint density at radius 3 is 2.56 bits per heavy atom. The largest absolute Gasteiger partial charge is 0.486 e. The Kier molecular flexibility index (Phi) is 6.25. The SMILES string of the molecule is CC(=O)N(Cc1ccc(F)cc1)C1C=C(C(=O)NCCO)C2c3ccccc3OC2C1O. The number of aliphatic hydroxyl groups is 2. The maximum Gasteiger partial charge on any atom is 0.247 e. The van der Waals surface area contributed by atoms with Gasteiger partial charge in [-0.2, -0.15) is 0 Å². The molecule has 4 unspecified atom stereocenters. The zero-order valence-electron chi connectivity index (χ0n) is 17.6. The first-order valence-electron chi connectivity index (χ1n) is 10.5. The third kappa shape index (κ3) is 4.11. The molecule has 3 N–H and O–H groups in total. The van der Waals surface area contributed by atoms with Gasteiger partial charge in [0.2, 0.25) is 11.8 Å². The molecular formula is C24H25FN2O5. The van der Waals surface area contributed by atoms with Crippen molar-refractivity contribution in [1.82, 2.24) is 10.2 Å². The lowest BCUT2D eigenvalue weighted by Gasteiger charge is -2.40. The average molecular weight is 440 g/mol. The molecule has 8 heteroatoms. The summed E-state index contributed by atoms with van der Waals surface area (Å²) in [5.41, 5.74) is 1.84. The highest BCUT2D eigenvalue weighted by Gasteiger charge is 2.50. The zero-order chi connectivity index (χ0) is 22.8. The highest BCUT2D eigenvalue weighted by atomic mass is 19.1. The first kappa shape index (κ1) is 22.0. The van der Waals surface area contributed by atoms with Gasteiger partial charge in [-0.05, 0) is 29.8 Å². The second-order valence-electron chi connectivity index (χ2n) is 7.95. The van der Waals surface area contributed by atoms with Crippen molar-refractivity contribution in [2.24, 2.45) is 0 Å². The van der Waals surface area contributed by atoms with Crippen molar-refractivity contribution in [3.8, 4) is 5.75 Å². The molecule has 2 aliphatic rings. The molecule has 0 radical (unpaired) electrons. The Morgan fingerprint density at radius 1 is 1.16 bits per heavy atom. The van der Waals surface area contributed by atoms with Crippen LogP contribution in [0, 0.1) is 5.82 Å². The molecular weight excluding hydrogens is 415 g/mol. The zero-order valence-corrected chi connectivity index (χ0v) is 17.6. The standard InChI is InChI=1S/C24H25FN2O5/c1-14(29)27(13-15-6-8-16(25)9-7-15)19-12-18(24(31)26-10-11-28)21-17-4-2-3-5-20(17)32-23(21)22(19)30/h2-9,12,19,21-23,28,30H,10-11,13H2,1H3,(H,26,31). The predicted octanol–water partition coefficient (Wildman–Crippen LogP) is 1.50. The van der Waals surface area contributed by atoms with Crippen LogP contribution in [-0.4, -0.2) is 58.3 Å². The van der Waals surface area contributed by atoms with Crippen molar-refractivity contribution in [3.05, 3.63) is 77.1 Å². The molecule has 1 aliphatic carbocycles. The summed E-state index contributed by atoms with van der Waals surface area (Å²) in [7, 11) is 0. The van der Waals surface area contributed by atoms with Crippen molar-refractivity contribution in [1.29, 1.82) is 0 Å². The number of carbonyl (C=O) groups excluding carboxylic acids is 2. The number of rotatable bonds is 6. The normalized spacial score (nSPS) is 23.4. The second-order valence-corrected chi connectivity index (χ2v) is 7.95. The number of amides is 2. The van der Waals surface area contributed by atoms with E-state index in [9.17, 15) is 19.1 Å². The smallest absolute Gasteiger partial charge is 0.247 e. The predicted molar refractivity (Wildman–Crippen MR) is 114 cm³/mol. The molecule has 0 saturated heterocycles. The van der Waals surface area contributed by atoms with Crippen molar-refractivity contribution >= 4 is 11.8 Å². The van der Waals surface area contributed by atoms with Gasteiger partial charge in [0.05, 0.1) is 18.6 Å². The second kappa shape index (κ2) is 9.10. The molecule has 2 aromatic carbocycles. The van der Waals surface area contributed by atoms with E-state index in [1.807, 2.05) is 18.2 Å². The molecule has 4 atom stereocenters. The number of benzene rings is 2. The molecule has 32 heavy (non-hydrogen) atoms. The van der Waals surface area contributed by atoms with Gasteiger partial charge >= 0.3 is 0 Å². The van der Waals surface area contributed by atoms with Gasteiger partial charge in [0.1, 0.15) is 23.8 Å². The van der Waals surface area contributed by atoms with E-state index in [2.05, 4.69) is 5.32 Å². The van der Waals surface area contributed by atoms with Gasteiger partial charge in [0.25, 0.3) is 0 Å². The van der Waals surface area contributed by atoms with Crippen LogP contribution in [0.4, 0.5) is 4.39 Å². The summed E-state index contributed by atoms with van der Waals surface area (Å²) in [4.78, 5) is 27.0. The van der Waals surface area contributed by atoms with Gasteiger partial charge in [-0.25, -0.2) is 4.39 Å². The van der Waals surface area contributed by atoms with E-state index in [1.54, 1.807) is 24.3 Å². The Labute approximate surface area is 185 Å². The number of nitrogens with zero attached hydrogens (tertiary/aromatic N) is 1. The van der Waals surface area contributed by atoms with Crippen LogP contribution in [0.1, 0.15) is 24.0 Å². The summed E-state index contributed by atoms with van der Waals surface area (Å²) in [5.74, 6) is -1.01. The van der Waals surface area contributed by atoms with E-state index >= 15 is 0 Å². The Bertz CT molecular complexity index is 1040. The van der Waals surface area contributed by atoms with Gasteiger partial charge in [0.15, 0.2) is 0 Å². The number of halogens is 1. The first-order valence-corrected chi connectivity index (χ1v) is 10.5. The van der Waals surface area contributed by atoms with E-state index in [4.69, 9.17) is 9.84 Å². The number of aliphatic hydroxyl groups excluding tert-OH is 2. The summed E-state index contributed by atoms with van der Waals surface area (Å²) in [6.07, 6.45) is -0.243. The van der Waals surface area contributed by atoms with Gasteiger partial charge in [-0.1, -0.05) is 30.3 Å². The van der Waals surface area contributed by atoms with Crippen LogP contribution in [0.3, 0.4) is 0 Å². The van der Waals surface area contributed by atoms with E-state index in [-0.39, 0.29) is 31.4 Å². The van der Waals surface area contributed by atoms with Crippen molar-refractivity contribution in [2.75, 3.05) is 13.2 Å². The molecule has 4 rings (SSSR count). The molecule has 0 aromatic heterocycles. The number of hydrogen-bond acceptors (Lipinski definition) is 5. The summed E-state index contributed by atoms with van der Waals surface area (Å²) >= 11 is 0. The third-order valence-corrected chi connectivity index (χ3v) is 5.91. The highest BCUT2D eigenvalue weighted by molar-refractivity contribution is 5.96. The van der Waals surface area contributed by atoms with E-state index in [1.165, 1.54) is 24.0 Å². The average Bonchev–Trinajstić information content (AvgIpc) is 3.18. The minimum absolute atomic E-state index is 0.0787. The third-order valence-electron chi connectivity index (χ3n) is 5.91. The fourth-order valence-corrected chi connectivity index (χ4v) is 4.40. The maximum atomic E-state index is 13.3. The maximum absolute atomic E-state index is 13.3. The molecule has 1 heterocycles. The number of para-hydroxylation sites is 1. The highest BCUT2D eigenvalue weighted by Crippen LogP contribution is 2.47. The van der Waals surface area contributed by atoms with E-state index in [0.717, 1.165) is 5.56 Å². The molecule has 2 amide bonds. The Hall–Kier alpha value is -3.23. The summed E-state index contributed by atoms with van der Waals surface area (Å²) in [5, 5.41) is 23.0. The summed E-state index contributed by atoms with van der Waals surface area (Å²) in [6, 6.07) is 12.2. The number of hydrogen-bond donors (Lipinski definition) is 3. The number of nitrogens with one attached hydrogen (secondary N) is 1. The molecule has 2 aromatic rings. The molecule has 168 valence electrons. The Balaban J connectivity index is 1.72. The number of carbonyl (C=O) groups is 2.